The van der Waals surface area contributed by atoms with Crippen molar-refractivity contribution in [2.24, 2.45) is 17.3 Å². The largest absolute Gasteiger partial charge is 0.389 e. The van der Waals surface area contributed by atoms with Gasteiger partial charge in [0.15, 0.2) is 0 Å². The summed E-state index contributed by atoms with van der Waals surface area (Å²) in [6, 6.07) is 0. The van der Waals surface area contributed by atoms with Crippen molar-refractivity contribution >= 4 is 36.0 Å². The normalized spacial score (nSPS) is 23.7. The lowest BCUT2D eigenvalue weighted by Gasteiger charge is -2.13. The van der Waals surface area contributed by atoms with E-state index in [1.54, 1.807) is 19.1 Å². The average Bonchev–Trinajstić information content (AvgIpc) is 3.53. The second-order valence-electron chi connectivity index (χ2n) is 12.1. The van der Waals surface area contributed by atoms with Crippen LogP contribution in [-0.4, -0.2) is 79.4 Å². The van der Waals surface area contributed by atoms with Gasteiger partial charge in [-0.1, -0.05) is 69.6 Å². The van der Waals surface area contributed by atoms with Gasteiger partial charge >= 0.3 is 0 Å². The molecule has 0 spiro atoms. The Morgan fingerprint density at radius 3 is 2.16 bits per heavy atom. The molecular formula is C32H50Cl2F2N4O4. The summed E-state index contributed by atoms with van der Waals surface area (Å²) >= 11 is 11.5. The summed E-state index contributed by atoms with van der Waals surface area (Å²) in [6.07, 6.45) is 10.1. The number of aliphatic hydroxyl groups is 2. The first-order chi connectivity index (χ1) is 20.6. The number of hydrogen-bond acceptors (Lipinski definition) is 6. The third-order valence-electron chi connectivity index (χ3n) is 6.06. The molecular weight excluding hydrogens is 613 g/mol. The second-order valence-corrected chi connectivity index (χ2v) is 12.9. The summed E-state index contributed by atoms with van der Waals surface area (Å²) in [5.41, 5.74) is 0.937. The molecule has 2 rings (SSSR count). The Kier molecular flexibility index (Phi) is 21.8. The van der Waals surface area contributed by atoms with E-state index in [1.165, 1.54) is 24.3 Å². The van der Waals surface area contributed by atoms with Crippen LogP contribution in [0.1, 0.15) is 47.5 Å². The van der Waals surface area contributed by atoms with Gasteiger partial charge in [-0.15, -0.1) is 0 Å². The van der Waals surface area contributed by atoms with Gasteiger partial charge in [0.25, 0.3) is 0 Å². The smallest absolute Gasteiger partial charge is 0.211 e. The minimum absolute atomic E-state index is 0.0310. The Morgan fingerprint density at radius 1 is 1.02 bits per heavy atom. The molecule has 2 saturated heterocycles. The molecule has 44 heavy (non-hydrogen) atoms. The molecule has 0 aromatic heterocycles. The van der Waals surface area contributed by atoms with Crippen LogP contribution in [0.4, 0.5) is 8.78 Å². The van der Waals surface area contributed by atoms with Crippen LogP contribution in [-0.2, 0) is 9.59 Å². The number of nitrogens with one attached hydrogen (secondary N) is 3. The zero-order valence-corrected chi connectivity index (χ0v) is 28.0. The van der Waals surface area contributed by atoms with Crippen molar-refractivity contribution in [3.05, 3.63) is 70.5 Å². The first kappa shape index (κ1) is 41.7. The van der Waals surface area contributed by atoms with Crippen molar-refractivity contribution in [1.82, 2.24) is 20.9 Å². The van der Waals surface area contributed by atoms with Crippen LogP contribution in [0, 0.1) is 17.3 Å². The molecule has 0 aromatic rings. The number of β-amino-alcohol motifs (C(OH)–C–C–N with tert-alkyl or cyclic N) is 2. The monoisotopic (exact) mass is 662 g/mol. The van der Waals surface area contributed by atoms with Crippen LogP contribution >= 0.6 is 23.2 Å². The zero-order chi connectivity index (χ0) is 33.7. The Labute approximate surface area is 271 Å². The number of allylic oxidation sites excluding steroid dienone is 10. The lowest BCUT2D eigenvalue weighted by molar-refractivity contribution is -0.110. The van der Waals surface area contributed by atoms with E-state index in [0.29, 0.717) is 56.5 Å². The van der Waals surface area contributed by atoms with Crippen LogP contribution < -0.4 is 16.0 Å². The standard InChI is InChI=1S/C19H22Cl2F2N2O.C8H16N2O3.C5H12/c1-3-16(20)18(22)6-4-5-14-10-24-11-15(14)7-8-19(23)17(21)9-13(2)25-12-26;11-6-9-2-1-3-10-4-7(12)8(13)5-10;1-5(2,3)4/h3-4,6-9,12,14-15,24H,1,5,10-11H2,2H3,(H,25,26);6-8,12-13H,1-5H2,(H,9,11);1-4H3/b6-4-,8-7+,13-9+,18-16-,19-17-;;/t14-,15+;7-,8?;/m01./s1. The van der Waals surface area contributed by atoms with Gasteiger partial charge < -0.3 is 26.2 Å². The van der Waals surface area contributed by atoms with Crippen LogP contribution in [0.2, 0.25) is 0 Å². The van der Waals surface area contributed by atoms with Crippen LogP contribution in [0.15, 0.2) is 70.5 Å². The van der Waals surface area contributed by atoms with Crippen molar-refractivity contribution in [1.29, 1.82) is 0 Å². The van der Waals surface area contributed by atoms with Crippen molar-refractivity contribution < 1.29 is 28.6 Å². The molecule has 5 N–H and O–H groups in total. The van der Waals surface area contributed by atoms with Gasteiger partial charge in [-0.2, -0.15) is 0 Å². The second kappa shape index (κ2) is 23.1. The fourth-order valence-electron chi connectivity index (χ4n) is 3.93. The minimum atomic E-state index is -0.612. The number of halogens is 4. The first-order valence-corrected chi connectivity index (χ1v) is 15.3. The summed E-state index contributed by atoms with van der Waals surface area (Å²) in [7, 11) is 0. The van der Waals surface area contributed by atoms with E-state index in [2.05, 4.69) is 50.2 Å². The number of amides is 2. The van der Waals surface area contributed by atoms with Gasteiger partial charge in [0.05, 0.1) is 22.3 Å². The van der Waals surface area contributed by atoms with Gasteiger partial charge in [0.1, 0.15) is 11.7 Å². The maximum Gasteiger partial charge on any atom is 0.211 e. The molecule has 2 heterocycles. The summed E-state index contributed by atoms with van der Waals surface area (Å²) in [6.45, 7) is 17.7. The highest BCUT2D eigenvalue weighted by Gasteiger charge is 2.28. The van der Waals surface area contributed by atoms with E-state index in [9.17, 15) is 28.6 Å². The van der Waals surface area contributed by atoms with E-state index in [4.69, 9.17) is 23.2 Å². The average molecular weight is 664 g/mol. The van der Waals surface area contributed by atoms with Crippen LogP contribution in [0.3, 0.4) is 0 Å². The highest BCUT2D eigenvalue weighted by Crippen LogP contribution is 2.25. The van der Waals surface area contributed by atoms with Gasteiger partial charge in [0.2, 0.25) is 12.8 Å². The number of hydrogen-bond donors (Lipinski definition) is 5. The third kappa shape index (κ3) is 20.6. The van der Waals surface area contributed by atoms with E-state index in [-0.39, 0.29) is 21.9 Å². The van der Waals surface area contributed by atoms with E-state index < -0.39 is 23.9 Å². The number of aliphatic hydroxyl groups excluding tert-OH is 2. The van der Waals surface area contributed by atoms with Crippen molar-refractivity contribution in [3.63, 3.8) is 0 Å². The fraction of sp³-hybridized carbons (Fsp3) is 0.562. The van der Waals surface area contributed by atoms with Gasteiger partial charge in [0, 0.05) is 38.4 Å². The molecule has 1 unspecified atom stereocenters. The highest BCUT2D eigenvalue weighted by molar-refractivity contribution is 6.31. The molecule has 2 amide bonds. The molecule has 0 radical (unpaired) electrons. The van der Waals surface area contributed by atoms with Crippen molar-refractivity contribution in [2.75, 3.05) is 39.3 Å². The maximum atomic E-state index is 14.0. The van der Waals surface area contributed by atoms with Crippen molar-refractivity contribution in [3.8, 4) is 0 Å². The fourth-order valence-corrected chi connectivity index (χ4v) is 4.22. The molecule has 4 atom stereocenters. The van der Waals surface area contributed by atoms with Crippen LogP contribution in [0.5, 0.6) is 0 Å². The minimum Gasteiger partial charge on any atom is -0.389 e. The third-order valence-corrected chi connectivity index (χ3v) is 6.69. The zero-order valence-electron chi connectivity index (χ0n) is 26.5. The molecule has 2 fully saturated rings. The first-order valence-electron chi connectivity index (χ1n) is 14.5. The molecule has 2 aliphatic rings. The van der Waals surface area contributed by atoms with E-state index >= 15 is 0 Å². The maximum absolute atomic E-state index is 14.0. The Bertz CT molecular complexity index is 1030. The van der Waals surface area contributed by atoms with Gasteiger partial charge in [-0.3, -0.25) is 14.5 Å². The topological polar surface area (TPSA) is 114 Å². The number of carbonyl (C=O) groups excluding carboxylic acids is 2. The van der Waals surface area contributed by atoms with Crippen molar-refractivity contribution in [2.45, 2.75) is 59.7 Å². The predicted molar refractivity (Wildman–Crippen MR) is 176 cm³/mol. The Hall–Kier alpha value is -2.34. The van der Waals surface area contributed by atoms with Gasteiger partial charge in [-0.05, 0) is 67.9 Å². The number of rotatable bonds is 14. The quantitative estimate of drug-likeness (QED) is 0.0991. The molecule has 0 aromatic carbocycles. The van der Waals surface area contributed by atoms with E-state index in [1.807, 2.05) is 4.90 Å². The lowest BCUT2D eigenvalue weighted by Crippen LogP contribution is -2.26. The SMILES string of the molecule is C=C/C(Cl)=C(F)\C=C/C[C@H]1CNC[C@H]1/C=C/C(F)=C(Cl)\C=C(/C)NC=O.CC(C)(C)C.O=CNCCCN1CC(O)[C@H](O)C1. The summed E-state index contributed by atoms with van der Waals surface area (Å²) in [5.74, 6) is -0.827. The molecule has 250 valence electrons. The molecule has 0 bridgehead atoms. The molecule has 12 heteroatoms. The van der Waals surface area contributed by atoms with E-state index in [0.717, 1.165) is 19.5 Å². The van der Waals surface area contributed by atoms with Gasteiger partial charge in [-0.25, -0.2) is 8.78 Å². The Balaban J connectivity index is 0.000000846. The molecule has 0 saturated carbocycles. The molecule has 0 aliphatic carbocycles. The highest BCUT2D eigenvalue weighted by atomic mass is 35.5. The summed E-state index contributed by atoms with van der Waals surface area (Å²) in [4.78, 5) is 22.2. The Morgan fingerprint density at radius 2 is 1.61 bits per heavy atom. The summed E-state index contributed by atoms with van der Waals surface area (Å²) < 4.78 is 27.6. The number of carbonyl (C=O) groups is 2. The molecule has 8 nitrogen and oxygen atoms in total. The number of likely N-dealkylation sites (tertiary alicyclic amines) is 1. The predicted octanol–water partition coefficient (Wildman–Crippen LogP) is 5.21. The molecule has 2 aliphatic heterocycles. The van der Waals surface area contributed by atoms with Crippen LogP contribution in [0.25, 0.3) is 0 Å². The summed E-state index contributed by atoms with van der Waals surface area (Å²) in [5, 5.41) is 26.5. The number of nitrogens with zero attached hydrogens (tertiary/aromatic N) is 1. The lowest BCUT2D eigenvalue weighted by atomic mass is 9.92.